The quantitative estimate of drug-likeness (QED) is 0.372. The van der Waals surface area contributed by atoms with Crippen molar-refractivity contribution in [3.05, 3.63) is 29.8 Å². The summed E-state index contributed by atoms with van der Waals surface area (Å²) in [5, 5.41) is 0. The summed E-state index contributed by atoms with van der Waals surface area (Å²) >= 11 is 1.82. The van der Waals surface area contributed by atoms with Crippen molar-refractivity contribution < 1.29 is 9.53 Å². The van der Waals surface area contributed by atoms with Crippen molar-refractivity contribution >= 4 is 17.7 Å². The average Bonchev–Trinajstić information content (AvgIpc) is 2.33. The Labute approximate surface area is 112 Å². The predicted molar refractivity (Wildman–Crippen MR) is 75.8 cm³/mol. The van der Waals surface area contributed by atoms with Gasteiger partial charge in [-0.15, -0.1) is 0 Å². The smallest absolute Gasteiger partial charge is 0.268 e. The number of para-hydroxylation sites is 1. The molecule has 4 nitrogen and oxygen atoms in total. The molecule has 100 valence electrons. The van der Waals surface area contributed by atoms with E-state index in [-0.39, 0.29) is 10.7 Å². The molecular weight excluding hydrogens is 248 g/mol. The van der Waals surface area contributed by atoms with Crippen LogP contribution in [0.2, 0.25) is 0 Å². The molecular formula is C13H20N2O2S. The van der Waals surface area contributed by atoms with Crippen LogP contribution in [0, 0.1) is 0 Å². The zero-order valence-electron chi connectivity index (χ0n) is 11.0. The van der Waals surface area contributed by atoms with Crippen LogP contribution in [0.15, 0.2) is 24.3 Å². The highest BCUT2D eigenvalue weighted by molar-refractivity contribution is 8.00. The lowest BCUT2D eigenvalue weighted by Gasteiger charge is -2.17. The lowest BCUT2D eigenvalue weighted by molar-refractivity contribution is 0.0950. The Bertz CT molecular complexity index is 402. The van der Waals surface area contributed by atoms with Gasteiger partial charge in [-0.25, -0.2) is 5.84 Å². The van der Waals surface area contributed by atoms with E-state index in [0.717, 1.165) is 5.75 Å². The number of carbonyl (C=O) groups is 1. The number of amides is 1. The van der Waals surface area contributed by atoms with Gasteiger partial charge in [0.15, 0.2) is 0 Å². The maximum absolute atomic E-state index is 11.5. The molecule has 0 spiro atoms. The third-order valence-corrected chi connectivity index (χ3v) is 3.38. The van der Waals surface area contributed by atoms with Crippen molar-refractivity contribution in [1.29, 1.82) is 0 Å². The van der Waals surface area contributed by atoms with Crippen LogP contribution >= 0.6 is 11.8 Å². The van der Waals surface area contributed by atoms with Crippen molar-refractivity contribution in [2.24, 2.45) is 5.84 Å². The highest BCUT2D eigenvalue weighted by atomic mass is 32.2. The Morgan fingerprint density at radius 3 is 2.67 bits per heavy atom. The Kier molecular flexibility index (Phi) is 5.50. The van der Waals surface area contributed by atoms with Gasteiger partial charge < -0.3 is 4.74 Å². The van der Waals surface area contributed by atoms with E-state index in [4.69, 9.17) is 10.6 Å². The van der Waals surface area contributed by atoms with Crippen LogP contribution in [-0.4, -0.2) is 23.0 Å². The van der Waals surface area contributed by atoms with Gasteiger partial charge in [0, 0.05) is 10.5 Å². The van der Waals surface area contributed by atoms with E-state index in [1.165, 1.54) is 0 Å². The maximum Gasteiger partial charge on any atom is 0.268 e. The van der Waals surface area contributed by atoms with E-state index in [1.807, 2.05) is 17.8 Å². The van der Waals surface area contributed by atoms with Crippen LogP contribution in [0.1, 0.15) is 31.1 Å². The average molecular weight is 268 g/mol. The standard InChI is InChI=1S/C13H20N2O2S/c1-13(2,3)18-9-8-17-11-7-5-4-6-10(11)12(16)15-14/h4-7H,8-9,14H2,1-3H3,(H,15,16). The van der Waals surface area contributed by atoms with Crippen molar-refractivity contribution in [3.63, 3.8) is 0 Å². The number of ether oxygens (including phenoxy) is 1. The highest BCUT2D eigenvalue weighted by Crippen LogP contribution is 2.23. The van der Waals surface area contributed by atoms with Gasteiger partial charge in [-0.05, 0) is 12.1 Å². The molecule has 1 rings (SSSR count). The minimum atomic E-state index is -0.339. The highest BCUT2D eigenvalue weighted by Gasteiger charge is 2.12. The summed E-state index contributed by atoms with van der Waals surface area (Å²) in [4.78, 5) is 11.5. The van der Waals surface area contributed by atoms with Gasteiger partial charge in [-0.3, -0.25) is 10.2 Å². The van der Waals surface area contributed by atoms with Crippen LogP contribution in [0.3, 0.4) is 0 Å². The number of nitrogens with two attached hydrogens (primary N) is 1. The number of benzene rings is 1. The molecule has 0 aliphatic rings. The molecule has 5 heteroatoms. The van der Waals surface area contributed by atoms with E-state index < -0.39 is 0 Å². The summed E-state index contributed by atoms with van der Waals surface area (Å²) in [5.74, 6) is 6.23. The zero-order chi connectivity index (χ0) is 13.6. The molecule has 0 bridgehead atoms. The molecule has 0 aromatic heterocycles. The SMILES string of the molecule is CC(C)(C)SCCOc1ccccc1C(=O)NN. The monoisotopic (exact) mass is 268 g/mol. The molecule has 0 fully saturated rings. The molecule has 0 aliphatic carbocycles. The summed E-state index contributed by atoms with van der Waals surface area (Å²) < 4.78 is 5.84. The van der Waals surface area contributed by atoms with E-state index in [1.54, 1.807) is 18.2 Å². The van der Waals surface area contributed by atoms with E-state index >= 15 is 0 Å². The van der Waals surface area contributed by atoms with Gasteiger partial charge in [0.1, 0.15) is 5.75 Å². The van der Waals surface area contributed by atoms with Crippen LogP contribution in [0.4, 0.5) is 0 Å². The third kappa shape index (κ3) is 4.98. The van der Waals surface area contributed by atoms with Gasteiger partial charge in [-0.2, -0.15) is 11.8 Å². The molecule has 0 saturated carbocycles. The number of hydrogen-bond donors (Lipinski definition) is 2. The fourth-order valence-electron chi connectivity index (χ4n) is 1.36. The molecule has 0 atom stereocenters. The van der Waals surface area contributed by atoms with Crippen molar-refractivity contribution in [1.82, 2.24) is 5.43 Å². The molecule has 0 radical (unpaired) electrons. The van der Waals surface area contributed by atoms with Gasteiger partial charge >= 0.3 is 0 Å². The summed E-state index contributed by atoms with van der Waals surface area (Å²) in [7, 11) is 0. The largest absolute Gasteiger partial charge is 0.492 e. The van der Waals surface area contributed by atoms with Crippen LogP contribution in [-0.2, 0) is 0 Å². The molecule has 1 amide bonds. The van der Waals surface area contributed by atoms with Crippen molar-refractivity contribution in [2.75, 3.05) is 12.4 Å². The molecule has 1 aromatic rings. The van der Waals surface area contributed by atoms with Gasteiger partial charge in [0.2, 0.25) is 0 Å². The summed E-state index contributed by atoms with van der Waals surface area (Å²) in [6.45, 7) is 7.05. The predicted octanol–water partition coefficient (Wildman–Crippen LogP) is 2.20. The Morgan fingerprint density at radius 1 is 1.39 bits per heavy atom. The molecule has 0 saturated heterocycles. The number of rotatable bonds is 5. The second-order valence-electron chi connectivity index (χ2n) is 4.78. The fraction of sp³-hybridized carbons (Fsp3) is 0.462. The third-order valence-electron chi connectivity index (χ3n) is 2.14. The molecule has 3 N–H and O–H groups in total. The second-order valence-corrected chi connectivity index (χ2v) is 6.70. The Hall–Kier alpha value is -1.20. The lowest BCUT2D eigenvalue weighted by atomic mass is 10.2. The maximum atomic E-state index is 11.5. The van der Waals surface area contributed by atoms with Crippen molar-refractivity contribution in [3.8, 4) is 5.75 Å². The van der Waals surface area contributed by atoms with E-state index in [2.05, 4.69) is 26.2 Å². The summed E-state index contributed by atoms with van der Waals surface area (Å²) in [6, 6.07) is 7.07. The lowest BCUT2D eigenvalue weighted by Crippen LogP contribution is -2.30. The number of hydrazine groups is 1. The molecule has 1 aromatic carbocycles. The first kappa shape index (κ1) is 14.9. The van der Waals surface area contributed by atoms with Crippen LogP contribution < -0.4 is 16.0 Å². The van der Waals surface area contributed by atoms with Gasteiger partial charge in [0.25, 0.3) is 5.91 Å². The normalized spacial score (nSPS) is 11.1. The Balaban J connectivity index is 2.54. The number of hydrogen-bond acceptors (Lipinski definition) is 4. The van der Waals surface area contributed by atoms with Crippen LogP contribution in [0.25, 0.3) is 0 Å². The first-order valence-electron chi connectivity index (χ1n) is 5.81. The Morgan fingerprint density at radius 2 is 2.06 bits per heavy atom. The number of nitrogen functional groups attached to an aromatic ring is 1. The molecule has 18 heavy (non-hydrogen) atoms. The van der Waals surface area contributed by atoms with Crippen molar-refractivity contribution in [2.45, 2.75) is 25.5 Å². The van der Waals surface area contributed by atoms with E-state index in [0.29, 0.717) is 17.9 Å². The fourth-order valence-corrected chi connectivity index (χ4v) is 2.14. The first-order valence-corrected chi connectivity index (χ1v) is 6.79. The minimum Gasteiger partial charge on any atom is -0.492 e. The summed E-state index contributed by atoms with van der Waals surface area (Å²) in [6.07, 6.45) is 0. The topological polar surface area (TPSA) is 64.3 Å². The minimum absolute atomic E-state index is 0.220. The van der Waals surface area contributed by atoms with Crippen LogP contribution in [0.5, 0.6) is 5.75 Å². The van der Waals surface area contributed by atoms with E-state index in [9.17, 15) is 4.79 Å². The molecule has 0 aliphatic heterocycles. The second kappa shape index (κ2) is 6.66. The number of nitrogens with one attached hydrogen (secondary N) is 1. The summed E-state index contributed by atoms with van der Waals surface area (Å²) in [5.41, 5.74) is 2.57. The number of thioether (sulfide) groups is 1. The molecule has 0 unspecified atom stereocenters. The van der Waals surface area contributed by atoms with Gasteiger partial charge in [-0.1, -0.05) is 32.9 Å². The zero-order valence-corrected chi connectivity index (χ0v) is 11.8. The first-order chi connectivity index (χ1) is 8.44. The van der Waals surface area contributed by atoms with Gasteiger partial charge in [0.05, 0.1) is 12.2 Å². The number of carbonyl (C=O) groups excluding carboxylic acids is 1. The molecule has 0 heterocycles.